The highest BCUT2D eigenvalue weighted by atomic mass is 32.2. The maximum Gasteiger partial charge on any atom is 0.441 e. The van der Waals surface area contributed by atoms with Gasteiger partial charge in [0.1, 0.15) is 6.04 Å². The van der Waals surface area contributed by atoms with E-state index in [1.165, 1.54) is 0 Å². The molecule has 0 aromatic heterocycles. The molecule has 7 heteroatoms. The van der Waals surface area contributed by atoms with Gasteiger partial charge in [-0.2, -0.15) is 13.2 Å². The van der Waals surface area contributed by atoms with Gasteiger partial charge in [0.2, 0.25) is 0 Å². The number of carbonyl (C=O) groups excluding carboxylic acids is 1. The number of hydrogen-bond donors (Lipinski definition) is 1. The molecule has 0 aliphatic carbocycles. The molecule has 2 N–H and O–H groups in total. The number of carbonyl (C=O) groups is 1. The van der Waals surface area contributed by atoms with Crippen molar-refractivity contribution in [2.45, 2.75) is 18.5 Å². The summed E-state index contributed by atoms with van der Waals surface area (Å²) in [5.74, 6) is -1.32. The van der Waals surface area contributed by atoms with E-state index in [0.29, 0.717) is 0 Å². The first-order valence-corrected chi connectivity index (χ1v) is 4.48. The van der Waals surface area contributed by atoms with E-state index in [2.05, 4.69) is 4.74 Å². The zero-order valence-electron chi connectivity index (χ0n) is 6.93. The molecule has 0 spiro atoms. The standard InChI is InChI=1S/C6H10F3NO2S/c1-2-12-5(11)4(10)3-13-6(7,8)9/h4H,2-3,10H2,1H3/t4-/m0/s1. The van der Waals surface area contributed by atoms with Crippen LogP contribution in [0.3, 0.4) is 0 Å². The molecule has 3 nitrogen and oxygen atoms in total. The third-order valence-electron chi connectivity index (χ3n) is 1.02. The summed E-state index contributed by atoms with van der Waals surface area (Å²) < 4.78 is 39.3. The van der Waals surface area contributed by atoms with Gasteiger partial charge in [-0.3, -0.25) is 4.79 Å². The summed E-state index contributed by atoms with van der Waals surface area (Å²) in [6, 6.07) is -1.22. The van der Waals surface area contributed by atoms with Crippen molar-refractivity contribution in [3.63, 3.8) is 0 Å². The van der Waals surface area contributed by atoms with Crippen molar-refractivity contribution in [1.82, 2.24) is 0 Å². The van der Waals surface area contributed by atoms with Crippen LogP contribution in [0.5, 0.6) is 0 Å². The predicted molar refractivity (Wildman–Crippen MR) is 43.1 cm³/mol. The number of hydrogen-bond acceptors (Lipinski definition) is 4. The lowest BCUT2D eigenvalue weighted by Gasteiger charge is -2.11. The molecule has 0 aliphatic rings. The van der Waals surface area contributed by atoms with Crippen LogP contribution in [0.15, 0.2) is 0 Å². The average molecular weight is 217 g/mol. The minimum absolute atomic E-state index is 0.114. The maximum absolute atomic E-state index is 11.6. The summed E-state index contributed by atoms with van der Waals surface area (Å²) in [5, 5.41) is 0. The molecule has 1 atom stereocenters. The largest absolute Gasteiger partial charge is 0.465 e. The van der Waals surface area contributed by atoms with Crippen LogP contribution in [0.25, 0.3) is 0 Å². The van der Waals surface area contributed by atoms with Gasteiger partial charge in [0.25, 0.3) is 0 Å². The molecule has 0 aliphatic heterocycles. The van der Waals surface area contributed by atoms with Crippen LogP contribution in [0.1, 0.15) is 6.92 Å². The SMILES string of the molecule is CCOC(=O)[C@@H](N)CSC(F)(F)F. The maximum atomic E-state index is 11.6. The highest BCUT2D eigenvalue weighted by Crippen LogP contribution is 2.30. The fourth-order valence-electron chi connectivity index (χ4n) is 0.502. The summed E-state index contributed by atoms with van der Waals surface area (Å²) in [7, 11) is 0. The van der Waals surface area contributed by atoms with Gasteiger partial charge in [0.15, 0.2) is 0 Å². The molecular formula is C6H10F3NO2S. The Hall–Kier alpha value is -0.430. The molecule has 0 radical (unpaired) electrons. The third-order valence-corrected chi connectivity index (χ3v) is 1.87. The van der Waals surface area contributed by atoms with Gasteiger partial charge < -0.3 is 10.5 Å². The monoisotopic (exact) mass is 217 g/mol. The van der Waals surface area contributed by atoms with Crippen LogP contribution in [-0.4, -0.2) is 29.9 Å². The Balaban J connectivity index is 3.74. The summed E-state index contributed by atoms with van der Waals surface area (Å²) in [6.45, 7) is 1.67. The second-order valence-corrected chi connectivity index (χ2v) is 3.20. The molecule has 13 heavy (non-hydrogen) atoms. The Kier molecular flexibility index (Phi) is 5.16. The molecule has 0 saturated carbocycles. The van der Waals surface area contributed by atoms with E-state index >= 15 is 0 Å². The van der Waals surface area contributed by atoms with Gasteiger partial charge in [0.05, 0.1) is 6.61 Å². The Morgan fingerprint density at radius 1 is 1.62 bits per heavy atom. The summed E-state index contributed by atoms with van der Waals surface area (Å²) >= 11 is -0.330. The van der Waals surface area contributed by atoms with Crippen molar-refractivity contribution in [3.05, 3.63) is 0 Å². The summed E-state index contributed by atoms with van der Waals surface area (Å²) in [4.78, 5) is 10.7. The molecule has 0 heterocycles. The number of halogens is 3. The lowest BCUT2D eigenvalue weighted by molar-refractivity contribution is -0.144. The summed E-state index contributed by atoms with van der Waals surface area (Å²) in [6.07, 6.45) is 0. The van der Waals surface area contributed by atoms with Crippen LogP contribution in [0.4, 0.5) is 13.2 Å². The Morgan fingerprint density at radius 2 is 2.15 bits per heavy atom. The first kappa shape index (κ1) is 12.6. The Morgan fingerprint density at radius 3 is 2.54 bits per heavy atom. The predicted octanol–water partition coefficient (Wildman–Crippen LogP) is 1.13. The molecular weight excluding hydrogens is 207 g/mol. The van der Waals surface area contributed by atoms with Crippen LogP contribution >= 0.6 is 11.8 Å². The normalized spacial score (nSPS) is 13.9. The first-order valence-electron chi connectivity index (χ1n) is 3.49. The minimum atomic E-state index is -4.36. The molecule has 0 aromatic rings. The second kappa shape index (κ2) is 5.33. The van der Waals surface area contributed by atoms with Crippen molar-refractivity contribution in [2.75, 3.05) is 12.4 Å². The molecule has 78 valence electrons. The lowest BCUT2D eigenvalue weighted by atomic mass is 10.4. The summed E-state index contributed by atoms with van der Waals surface area (Å²) in [5.41, 5.74) is 0.758. The molecule has 0 unspecified atom stereocenters. The molecule has 0 fully saturated rings. The Bertz CT molecular complexity index is 174. The van der Waals surface area contributed by atoms with Gasteiger partial charge in [-0.05, 0) is 18.7 Å². The van der Waals surface area contributed by atoms with Crippen molar-refractivity contribution < 1.29 is 22.7 Å². The number of alkyl halides is 3. The van der Waals surface area contributed by atoms with Gasteiger partial charge in [-0.15, -0.1) is 0 Å². The fraction of sp³-hybridized carbons (Fsp3) is 0.833. The Labute approximate surface area is 77.8 Å². The highest BCUT2D eigenvalue weighted by Gasteiger charge is 2.30. The van der Waals surface area contributed by atoms with Crippen LogP contribution in [-0.2, 0) is 9.53 Å². The number of esters is 1. The van der Waals surface area contributed by atoms with E-state index in [1.807, 2.05) is 0 Å². The van der Waals surface area contributed by atoms with Crippen molar-refractivity contribution >= 4 is 17.7 Å². The highest BCUT2D eigenvalue weighted by molar-refractivity contribution is 8.00. The first-order chi connectivity index (χ1) is 5.87. The fourth-order valence-corrected chi connectivity index (χ4v) is 1.01. The number of ether oxygens (including phenoxy) is 1. The van der Waals surface area contributed by atoms with Crippen molar-refractivity contribution in [3.8, 4) is 0 Å². The van der Waals surface area contributed by atoms with Gasteiger partial charge in [0, 0.05) is 5.75 Å². The topological polar surface area (TPSA) is 52.3 Å². The van der Waals surface area contributed by atoms with Gasteiger partial charge >= 0.3 is 11.5 Å². The zero-order valence-corrected chi connectivity index (χ0v) is 7.74. The van der Waals surface area contributed by atoms with E-state index < -0.39 is 23.3 Å². The molecule has 0 rings (SSSR count). The average Bonchev–Trinajstić information content (AvgIpc) is 1.99. The van der Waals surface area contributed by atoms with E-state index in [1.54, 1.807) is 6.92 Å². The van der Waals surface area contributed by atoms with Crippen LogP contribution < -0.4 is 5.73 Å². The lowest BCUT2D eigenvalue weighted by Crippen LogP contribution is -2.35. The van der Waals surface area contributed by atoms with Gasteiger partial charge in [-0.25, -0.2) is 0 Å². The second-order valence-electron chi connectivity index (χ2n) is 2.12. The van der Waals surface area contributed by atoms with E-state index in [0.717, 1.165) is 0 Å². The van der Waals surface area contributed by atoms with Gasteiger partial charge in [-0.1, -0.05) is 0 Å². The molecule has 0 bridgehead atoms. The quantitative estimate of drug-likeness (QED) is 0.717. The molecule has 0 amide bonds. The van der Waals surface area contributed by atoms with Crippen molar-refractivity contribution in [1.29, 1.82) is 0 Å². The number of rotatable bonds is 4. The minimum Gasteiger partial charge on any atom is -0.465 e. The van der Waals surface area contributed by atoms with E-state index in [9.17, 15) is 18.0 Å². The third kappa shape index (κ3) is 6.71. The molecule has 0 aromatic carbocycles. The van der Waals surface area contributed by atoms with E-state index in [-0.39, 0.29) is 18.4 Å². The van der Waals surface area contributed by atoms with Crippen molar-refractivity contribution in [2.24, 2.45) is 5.73 Å². The van der Waals surface area contributed by atoms with Crippen LogP contribution in [0.2, 0.25) is 0 Å². The smallest absolute Gasteiger partial charge is 0.441 e. The molecule has 0 saturated heterocycles. The number of thioether (sulfide) groups is 1. The van der Waals surface area contributed by atoms with Crippen LogP contribution in [0, 0.1) is 0 Å². The van der Waals surface area contributed by atoms with E-state index in [4.69, 9.17) is 5.73 Å². The number of nitrogens with two attached hydrogens (primary N) is 1. The zero-order chi connectivity index (χ0) is 10.5.